The lowest BCUT2D eigenvalue weighted by Crippen LogP contribution is -2.16. The molecule has 0 spiro atoms. The van der Waals surface area contributed by atoms with Gasteiger partial charge in [0.15, 0.2) is 0 Å². The third-order valence-corrected chi connectivity index (χ3v) is 2.17. The van der Waals surface area contributed by atoms with Crippen LogP contribution in [0.1, 0.15) is 5.56 Å². The standard InChI is InChI=1S/C9H10BNO3/c12-9(13)4-11-7-2-1-6-5-14-10-8(6)3-7/h1-3,10-11H,4-5H2,(H,12,13). The fourth-order valence-corrected chi connectivity index (χ4v) is 1.46. The van der Waals surface area contributed by atoms with Crippen LogP contribution in [0.2, 0.25) is 0 Å². The van der Waals surface area contributed by atoms with Crippen LogP contribution in [-0.2, 0) is 16.1 Å². The first-order valence-electron chi connectivity index (χ1n) is 4.41. The van der Waals surface area contributed by atoms with Crippen LogP contribution in [0.4, 0.5) is 5.69 Å². The van der Waals surface area contributed by atoms with E-state index in [9.17, 15) is 4.79 Å². The van der Waals surface area contributed by atoms with Crippen LogP contribution >= 0.6 is 0 Å². The van der Waals surface area contributed by atoms with Crippen LogP contribution in [0.25, 0.3) is 0 Å². The number of carboxylic acid groups (broad SMARTS) is 1. The minimum absolute atomic E-state index is 0.0559. The van der Waals surface area contributed by atoms with E-state index in [0.717, 1.165) is 11.2 Å². The van der Waals surface area contributed by atoms with Crippen LogP contribution in [-0.4, -0.2) is 25.1 Å². The van der Waals surface area contributed by atoms with Gasteiger partial charge in [-0.2, -0.15) is 0 Å². The van der Waals surface area contributed by atoms with Crippen molar-refractivity contribution in [2.24, 2.45) is 0 Å². The molecule has 5 heteroatoms. The van der Waals surface area contributed by atoms with Crippen molar-refractivity contribution in [1.82, 2.24) is 0 Å². The van der Waals surface area contributed by atoms with Gasteiger partial charge in [-0.15, -0.1) is 0 Å². The molecule has 0 saturated carbocycles. The number of carbonyl (C=O) groups is 1. The minimum atomic E-state index is -0.859. The molecule has 0 fully saturated rings. The van der Waals surface area contributed by atoms with E-state index >= 15 is 0 Å². The van der Waals surface area contributed by atoms with Crippen LogP contribution in [0, 0.1) is 0 Å². The predicted octanol–water partition coefficient (Wildman–Crippen LogP) is -0.310. The van der Waals surface area contributed by atoms with E-state index in [1.165, 1.54) is 5.56 Å². The molecule has 0 bridgehead atoms. The monoisotopic (exact) mass is 191 g/mol. The van der Waals surface area contributed by atoms with Gasteiger partial charge < -0.3 is 15.1 Å². The molecule has 1 aromatic rings. The fourth-order valence-electron chi connectivity index (χ4n) is 1.46. The Balaban J connectivity index is 2.09. The molecular formula is C9H10BNO3. The van der Waals surface area contributed by atoms with E-state index in [0.29, 0.717) is 14.1 Å². The van der Waals surface area contributed by atoms with E-state index in [1.54, 1.807) is 0 Å². The van der Waals surface area contributed by atoms with Crippen molar-refractivity contribution >= 4 is 24.6 Å². The Hall–Kier alpha value is -1.49. The maximum Gasteiger partial charge on any atom is 0.322 e. The molecule has 0 radical (unpaired) electrons. The molecule has 14 heavy (non-hydrogen) atoms. The van der Waals surface area contributed by atoms with Gasteiger partial charge in [0.05, 0.1) is 6.61 Å². The smallest absolute Gasteiger partial charge is 0.322 e. The second-order valence-corrected chi connectivity index (χ2v) is 3.22. The van der Waals surface area contributed by atoms with Gasteiger partial charge in [-0.05, 0) is 23.2 Å². The number of carboxylic acids is 1. The van der Waals surface area contributed by atoms with Crippen LogP contribution < -0.4 is 10.8 Å². The van der Waals surface area contributed by atoms with Crippen molar-refractivity contribution in [2.75, 3.05) is 11.9 Å². The molecule has 0 aromatic heterocycles. The summed E-state index contributed by atoms with van der Waals surface area (Å²) < 4.78 is 5.25. The van der Waals surface area contributed by atoms with Gasteiger partial charge in [-0.1, -0.05) is 6.07 Å². The lowest BCUT2D eigenvalue weighted by molar-refractivity contribution is -0.134. The molecular weight excluding hydrogens is 181 g/mol. The largest absolute Gasteiger partial charge is 0.480 e. The molecule has 0 unspecified atom stereocenters. The zero-order chi connectivity index (χ0) is 9.97. The Morgan fingerprint density at radius 1 is 1.64 bits per heavy atom. The normalized spacial score (nSPS) is 13.1. The third kappa shape index (κ3) is 1.88. The van der Waals surface area contributed by atoms with Crippen LogP contribution in [0.3, 0.4) is 0 Å². The highest BCUT2D eigenvalue weighted by Gasteiger charge is 2.12. The lowest BCUT2D eigenvalue weighted by Gasteiger charge is -2.04. The summed E-state index contributed by atoms with van der Waals surface area (Å²) in [4.78, 5) is 10.3. The molecule has 2 N–H and O–H groups in total. The SMILES string of the molecule is O=C(O)CNc1ccc2c(c1)BOC2. The predicted molar refractivity (Wildman–Crippen MR) is 54.1 cm³/mol. The summed E-state index contributed by atoms with van der Waals surface area (Å²) in [5.74, 6) is -0.859. The zero-order valence-corrected chi connectivity index (χ0v) is 7.62. The van der Waals surface area contributed by atoms with Crippen LogP contribution in [0.15, 0.2) is 18.2 Å². The highest BCUT2D eigenvalue weighted by Crippen LogP contribution is 2.11. The highest BCUT2D eigenvalue weighted by molar-refractivity contribution is 6.49. The molecule has 0 saturated heterocycles. The highest BCUT2D eigenvalue weighted by atomic mass is 16.4. The molecule has 1 aliphatic rings. The van der Waals surface area contributed by atoms with Crippen LogP contribution in [0.5, 0.6) is 0 Å². The quantitative estimate of drug-likeness (QED) is 0.643. The van der Waals surface area contributed by atoms with Gasteiger partial charge in [0.2, 0.25) is 0 Å². The number of fused-ring (bicyclic) bond motifs is 1. The second kappa shape index (κ2) is 3.71. The van der Waals surface area contributed by atoms with E-state index in [4.69, 9.17) is 9.76 Å². The molecule has 0 aliphatic carbocycles. The Morgan fingerprint density at radius 2 is 2.50 bits per heavy atom. The van der Waals surface area contributed by atoms with Gasteiger partial charge >= 0.3 is 13.5 Å². The summed E-state index contributed by atoms with van der Waals surface area (Å²) >= 11 is 0. The van der Waals surface area contributed by atoms with Gasteiger partial charge in [-0.3, -0.25) is 4.79 Å². The molecule has 0 atom stereocenters. The topological polar surface area (TPSA) is 58.6 Å². The number of aliphatic carboxylic acids is 1. The van der Waals surface area contributed by atoms with Crippen molar-refractivity contribution < 1.29 is 14.6 Å². The first-order chi connectivity index (χ1) is 6.75. The Morgan fingerprint density at radius 3 is 3.29 bits per heavy atom. The molecule has 1 heterocycles. The number of hydrogen-bond donors (Lipinski definition) is 2. The average molecular weight is 191 g/mol. The van der Waals surface area contributed by atoms with Crippen molar-refractivity contribution in [1.29, 1.82) is 0 Å². The Kier molecular flexibility index (Phi) is 2.41. The average Bonchev–Trinajstić information content (AvgIpc) is 2.61. The molecule has 4 nitrogen and oxygen atoms in total. The number of rotatable bonds is 3. The Labute approximate surface area is 82.2 Å². The van der Waals surface area contributed by atoms with Crippen molar-refractivity contribution in [3.8, 4) is 0 Å². The molecule has 1 aromatic carbocycles. The van der Waals surface area contributed by atoms with Gasteiger partial charge in [0, 0.05) is 5.69 Å². The Bertz CT molecular complexity index is 367. The summed E-state index contributed by atoms with van der Waals surface area (Å²) in [5.41, 5.74) is 3.16. The van der Waals surface area contributed by atoms with E-state index in [-0.39, 0.29) is 6.54 Å². The maximum absolute atomic E-state index is 10.3. The summed E-state index contributed by atoms with van der Waals surface area (Å²) in [5, 5.41) is 11.3. The summed E-state index contributed by atoms with van der Waals surface area (Å²) in [7, 11) is 0.623. The third-order valence-electron chi connectivity index (χ3n) is 2.17. The lowest BCUT2D eigenvalue weighted by atomic mass is 9.87. The first kappa shape index (κ1) is 9.08. The van der Waals surface area contributed by atoms with Gasteiger partial charge in [0.25, 0.3) is 0 Å². The number of nitrogens with one attached hydrogen (secondary N) is 1. The summed E-state index contributed by atoms with van der Waals surface area (Å²) in [6, 6.07) is 5.77. The first-order valence-corrected chi connectivity index (χ1v) is 4.41. The summed E-state index contributed by atoms with van der Waals surface area (Å²) in [6.07, 6.45) is 0. The zero-order valence-electron chi connectivity index (χ0n) is 7.62. The van der Waals surface area contributed by atoms with E-state index < -0.39 is 5.97 Å². The number of benzene rings is 1. The minimum Gasteiger partial charge on any atom is -0.480 e. The fraction of sp³-hybridized carbons (Fsp3) is 0.222. The van der Waals surface area contributed by atoms with Gasteiger partial charge in [-0.25, -0.2) is 0 Å². The van der Waals surface area contributed by atoms with E-state index in [1.807, 2.05) is 18.2 Å². The molecule has 1 aliphatic heterocycles. The molecule has 2 rings (SSSR count). The van der Waals surface area contributed by atoms with Crippen molar-refractivity contribution in [2.45, 2.75) is 6.61 Å². The number of hydrogen-bond acceptors (Lipinski definition) is 3. The van der Waals surface area contributed by atoms with E-state index in [2.05, 4.69) is 5.32 Å². The molecule has 72 valence electrons. The van der Waals surface area contributed by atoms with Crippen molar-refractivity contribution in [3.05, 3.63) is 23.8 Å². The van der Waals surface area contributed by atoms with Crippen molar-refractivity contribution in [3.63, 3.8) is 0 Å². The maximum atomic E-state index is 10.3. The van der Waals surface area contributed by atoms with Gasteiger partial charge in [0.1, 0.15) is 6.54 Å². The molecule has 0 amide bonds. The number of anilines is 1. The summed E-state index contributed by atoms with van der Waals surface area (Å²) in [6.45, 7) is 0.605. The second-order valence-electron chi connectivity index (χ2n) is 3.22.